The quantitative estimate of drug-likeness (QED) is 0.147. The minimum absolute atomic E-state index is 0.149. The summed E-state index contributed by atoms with van der Waals surface area (Å²) in [5.41, 5.74) is 3.95. The Morgan fingerprint density at radius 3 is 2.02 bits per heavy atom. The molecule has 3 atom stereocenters. The Labute approximate surface area is 294 Å². The SMILES string of the molecule is CC(C)c1nc(CN(C)C(=O)NC(C(=O)NC(CCC(Cc2ccccc2)NC(=O)OCC2=CN=CC2)Cc2ccccc2)C(C)C)cs1. The molecular weight excluding hydrogens is 637 g/mol. The van der Waals surface area contributed by atoms with Gasteiger partial charge >= 0.3 is 12.1 Å². The Kier molecular flexibility index (Phi) is 14.4. The second-order valence-corrected chi connectivity index (χ2v) is 14.2. The van der Waals surface area contributed by atoms with E-state index in [-0.39, 0.29) is 36.5 Å². The topological polar surface area (TPSA) is 125 Å². The van der Waals surface area contributed by atoms with Gasteiger partial charge < -0.3 is 25.6 Å². The average molecular weight is 687 g/mol. The van der Waals surface area contributed by atoms with Gasteiger partial charge in [-0.1, -0.05) is 88.4 Å². The highest BCUT2D eigenvalue weighted by atomic mass is 32.1. The fraction of sp³-hybridized carbons (Fsp3) is 0.447. The molecule has 0 aliphatic carbocycles. The van der Waals surface area contributed by atoms with Crippen molar-refractivity contribution in [1.29, 1.82) is 0 Å². The number of rotatable bonds is 17. The van der Waals surface area contributed by atoms with E-state index in [2.05, 4.69) is 39.8 Å². The molecule has 3 aromatic rings. The highest BCUT2D eigenvalue weighted by Crippen LogP contribution is 2.20. The summed E-state index contributed by atoms with van der Waals surface area (Å²) in [4.78, 5) is 50.2. The van der Waals surface area contributed by atoms with Crippen molar-refractivity contribution in [1.82, 2.24) is 25.8 Å². The van der Waals surface area contributed by atoms with Gasteiger partial charge in [-0.2, -0.15) is 0 Å². The fourth-order valence-electron chi connectivity index (χ4n) is 5.54. The molecule has 0 spiro atoms. The maximum Gasteiger partial charge on any atom is 0.407 e. The first-order chi connectivity index (χ1) is 23.6. The van der Waals surface area contributed by atoms with Crippen molar-refractivity contribution in [2.45, 2.75) is 90.4 Å². The summed E-state index contributed by atoms with van der Waals surface area (Å²) in [6.07, 6.45) is 6.11. The van der Waals surface area contributed by atoms with E-state index in [4.69, 9.17) is 4.74 Å². The van der Waals surface area contributed by atoms with Crippen LogP contribution in [0, 0.1) is 5.92 Å². The van der Waals surface area contributed by atoms with Crippen molar-refractivity contribution < 1.29 is 19.1 Å². The summed E-state index contributed by atoms with van der Waals surface area (Å²) in [5, 5.41) is 12.3. The molecule has 49 heavy (non-hydrogen) atoms. The Hall–Kier alpha value is -4.51. The normalized spacial score (nSPS) is 14.2. The first kappa shape index (κ1) is 37.3. The maximum atomic E-state index is 13.8. The lowest BCUT2D eigenvalue weighted by Crippen LogP contribution is -2.54. The van der Waals surface area contributed by atoms with Gasteiger partial charge in [-0.3, -0.25) is 9.79 Å². The molecule has 0 saturated heterocycles. The number of nitrogens with zero attached hydrogens (tertiary/aromatic N) is 3. The van der Waals surface area contributed by atoms with Gasteiger partial charge in [0.2, 0.25) is 5.91 Å². The van der Waals surface area contributed by atoms with Crippen LogP contribution in [0.3, 0.4) is 0 Å². The molecule has 0 saturated carbocycles. The number of nitrogens with one attached hydrogen (secondary N) is 3. The van der Waals surface area contributed by atoms with E-state index < -0.39 is 12.1 Å². The van der Waals surface area contributed by atoms with Crippen LogP contribution in [-0.2, 0) is 28.9 Å². The molecule has 10 nitrogen and oxygen atoms in total. The van der Waals surface area contributed by atoms with Crippen LogP contribution in [0.2, 0.25) is 0 Å². The third-order valence-corrected chi connectivity index (χ3v) is 9.52. The smallest absolute Gasteiger partial charge is 0.407 e. The predicted octanol–water partition coefficient (Wildman–Crippen LogP) is 6.64. The minimum Gasteiger partial charge on any atom is -0.445 e. The lowest BCUT2D eigenvalue weighted by atomic mass is 9.95. The first-order valence-corrected chi connectivity index (χ1v) is 17.9. The molecule has 4 amide bonds. The molecular formula is C38H50N6O4S. The third-order valence-electron chi connectivity index (χ3n) is 8.32. The number of aliphatic imine (C=N–C) groups is 1. The number of benzene rings is 2. The van der Waals surface area contributed by atoms with Crippen LogP contribution in [0.15, 0.2) is 82.8 Å². The molecule has 11 heteroatoms. The Morgan fingerprint density at radius 1 is 0.878 bits per heavy atom. The zero-order valence-electron chi connectivity index (χ0n) is 29.2. The minimum atomic E-state index is -0.739. The summed E-state index contributed by atoms with van der Waals surface area (Å²) < 4.78 is 5.51. The predicted molar refractivity (Wildman–Crippen MR) is 196 cm³/mol. The first-order valence-electron chi connectivity index (χ1n) is 17.0. The van der Waals surface area contributed by atoms with Crippen LogP contribution in [0.4, 0.5) is 9.59 Å². The standard InChI is InChI=1S/C38H50N6O4S/c1-26(2)34(43-37(46)44(5)23-33-25-49-36(41-33)27(3)4)35(45)40-31(20-28-12-8-6-9-13-28)16-17-32(21-29-14-10-7-11-15-29)42-38(47)48-24-30-18-19-39-22-30/h6-15,19,22,25-27,31-32,34H,16-18,20-21,23-24H2,1-5H3,(H,40,45)(H,42,47)(H,43,46). The largest absolute Gasteiger partial charge is 0.445 e. The van der Waals surface area contributed by atoms with Gasteiger partial charge in [0.25, 0.3) is 0 Å². The molecule has 0 fully saturated rings. The zero-order chi connectivity index (χ0) is 35.2. The van der Waals surface area contributed by atoms with Crippen molar-refractivity contribution in [3.8, 4) is 0 Å². The van der Waals surface area contributed by atoms with Crippen molar-refractivity contribution in [2.24, 2.45) is 10.9 Å². The summed E-state index contributed by atoms with van der Waals surface area (Å²) in [6.45, 7) is 8.57. The van der Waals surface area contributed by atoms with Gasteiger partial charge in [0.1, 0.15) is 12.6 Å². The van der Waals surface area contributed by atoms with E-state index in [0.29, 0.717) is 44.6 Å². The number of carbonyl (C=O) groups is 3. The van der Waals surface area contributed by atoms with Crippen LogP contribution in [0.1, 0.15) is 74.7 Å². The second kappa shape index (κ2) is 18.9. The van der Waals surface area contributed by atoms with Crippen LogP contribution >= 0.6 is 11.3 Å². The summed E-state index contributed by atoms with van der Waals surface area (Å²) in [7, 11) is 1.71. The highest BCUT2D eigenvalue weighted by molar-refractivity contribution is 7.09. The van der Waals surface area contributed by atoms with E-state index in [1.54, 1.807) is 35.7 Å². The summed E-state index contributed by atoms with van der Waals surface area (Å²) >= 11 is 1.59. The van der Waals surface area contributed by atoms with E-state index in [1.807, 2.05) is 79.9 Å². The van der Waals surface area contributed by atoms with E-state index in [9.17, 15) is 14.4 Å². The van der Waals surface area contributed by atoms with Crippen molar-refractivity contribution in [3.63, 3.8) is 0 Å². The number of urea groups is 1. The highest BCUT2D eigenvalue weighted by Gasteiger charge is 2.28. The number of carbonyl (C=O) groups excluding carboxylic acids is 3. The van der Waals surface area contributed by atoms with E-state index in [0.717, 1.165) is 27.4 Å². The molecule has 3 unspecified atom stereocenters. The molecule has 262 valence electrons. The Bertz CT molecular complexity index is 1560. The van der Waals surface area contributed by atoms with Gasteiger partial charge in [0.15, 0.2) is 0 Å². The number of hydrogen-bond donors (Lipinski definition) is 3. The van der Waals surface area contributed by atoms with Crippen LogP contribution in [0.5, 0.6) is 0 Å². The fourth-order valence-corrected chi connectivity index (χ4v) is 6.36. The molecule has 3 N–H and O–H groups in total. The molecule has 0 radical (unpaired) electrons. The van der Waals surface area contributed by atoms with Gasteiger partial charge in [-0.25, -0.2) is 14.6 Å². The number of thiazole rings is 1. The lowest BCUT2D eigenvalue weighted by molar-refractivity contribution is -0.124. The second-order valence-electron chi connectivity index (χ2n) is 13.3. The van der Waals surface area contributed by atoms with Crippen molar-refractivity contribution in [3.05, 3.63) is 99.6 Å². The third kappa shape index (κ3) is 12.5. The zero-order valence-corrected chi connectivity index (χ0v) is 30.0. The monoisotopic (exact) mass is 686 g/mol. The lowest BCUT2D eigenvalue weighted by Gasteiger charge is -2.28. The van der Waals surface area contributed by atoms with Crippen molar-refractivity contribution >= 4 is 35.6 Å². The molecule has 1 aromatic heterocycles. The Balaban J connectivity index is 1.42. The average Bonchev–Trinajstić information content (AvgIpc) is 3.78. The molecule has 1 aliphatic rings. The van der Waals surface area contributed by atoms with E-state index >= 15 is 0 Å². The molecule has 4 rings (SSSR count). The molecule has 2 aromatic carbocycles. The molecule has 0 bridgehead atoms. The van der Waals surface area contributed by atoms with Gasteiger partial charge in [0.05, 0.1) is 17.2 Å². The molecule has 2 heterocycles. The number of aromatic nitrogens is 1. The van der Waals surface area contributed by atoms with Crippen LogP contribution in [-0.4, -0.2) is 65.9 Å². The number of hydrogen-bond acceptors (Lipinski definition) is 7. The number of alkyl carbamates (subject to hydrolysis) is 1. The number of ether oxygens (including phenoxy) is 1. The van der Waals surface area contributed by atoms with E-state index in [1.165, 1.54) is 0 Å². The maximum absolute atomic E-state index is 13.8. The van der Waals surface area contributed by atoms with Gasteiger partial charge in [0, 0.05) is 49.3 Å². The molecule has 1 aliphatic heterocycles. The Morgan fingerprint density at radius 2 is 1.49 bits per heavy atom. The van der Waals surface area contributed by atoms with Crippen LogP contribution < -0.4 is 16.0 Å². The van der Waals surface area contributed by atoms with Crippen molar-refractivity contribution in [2.75, 3.05) is 13.7 Å². The van der Waals surface area contributed by atoms with Gasteiger partial charge in [-0.15, -0.1) is 11.3 Å². The number of amides is 4. The summed E-state index contributed by atoms with van der Waals surface area (Å²) in [6, 6.07) is 18.5. The van der Waals surface area contributed by atoms with Crippen LogP contribution in [0.25, 0.3) is 0 Å². The summed E-state index contributed by atoms with van der Waals surface area (Å²) in [5.74, 6) is -0.0689. The van der Waals surface area contributed by atoms with Gasteiger partial charge in [-0.05, 0) is 48.3 Å².